The maximum atomic E-state index is 13.1. The van der Waals surface area contributed by atoms with Gasteiger partial charge in [0.1, 0.15) is 5.75 Å². The first-order chi connectivity index (χ1) is 14.0. The fourth-order valence-electron chi connectivity index (χ4n) is 3.52. The molecule has 0 aliphatic carbocycles. The minimum atomic E-state index is -0.798. The first-order valence-electron chi connectivity index (χ1n) is 9.06. The maximum Gasteiger partial charge on any atom is 0.294 e. The maximum absolute atomic E-state index is 13.1. The standard InChI is InChI=1S/C23H19NO5/c1-14-5-3-6-16(13-14)24-20(15-8-10-17(28-2)11-9-15)19(22(26)23(24)27)21(25)18-7-4-12-29-18/h3-13,20,26H,1-2H3. The molecule has 1 unspecified atom stereocenters. The number of methoxy groups -OCH3 is 1. The Bertz CT molecular complexity index is 1100. The summed E-state index contributed by atoms with van der Waals surface area (Å²) < 4.78 is 10.4. The lowest BCUT2D eigenvalue weighted by Gasteiger charge is -2.27. The van der Waals surface area contributed by atoms with Gasteiger partial charge in [-0.05, 0) is 54.4 Å². The number of carbonyl (C=O) groups excluding carboxylic acids is 2. The van der Waals surface area contributed by atoms with E-state index in [1.807, 2.05) is 25.1 Å². The molecular formula is C23H19NO5. The number of amides is 1. The molecule has 0 radical (unpaired) electrons. The number of anilines is 1. The third-order valence-corrected chi connectivity index (χ3v) is 4.91. The molecule has 146 valence electrons. The lowest BCUT2D eigenvalue weighted by atomic mass is 9.94. The number of rotatable bonds is 5. The highest BCUT2D eigenvalue weighted by Gasteiger charge is 2.45. The van der Waals surface area contributed by atoms with E-state index in [1.54, 1.807) is 43.5 Å². The van der Waals surface area contributed by atoms with Crippen LogP contribution in [0.2, 0.25) is 0 Å². The van der Waals surface area contributed by atoms with Gasteiger partial charge in [0.25, 0.3) is 5.91 Å². The Kier molecular flexibility index (Phi) is 4.68. The van der Waals surface area contributed by atoms with E-state index in [2.05, 4.69) is 0 Å². The van der Waals surface area contributed by atoms with E-state index >= 15 is 0 Å². The zero-order valence-corrected chi connectivity index (χ0v) is 16.0. The summed E-state index contributed by atoms with van der Waals surface area (Å²) in [6, 6.07) is 16.7. The van der Waals surface area contributed by atoms with Crippen molar-refractivity contribution in [2.24, 2.45) is 0 Å². The summed E-state index contributed by atoms with van der Waals surface area (Å²) in [6.07, 6.45) is 1.38. The van der Waals surface area contributed by atoms with Crippen LogP contribution in [-0.4, -0.2) is 23.9 Å². The summed E-state index contributed by atoms with van der Waals surface area (Å²) in [5.74, 6) is -1.03. The number of furan rings is 1. The fraction of sp³-hybridized carbons (Fsp3) is 0.130. The number of Topliss-reactive ketones (excluding diaryl/α,β-unsaturated/α-hetero) is 1. The summed E-state index contributed by atoms with van der Waals surface area (Å²) in [4.78, 5) is 27.5. The van der Waals surface area contributed by atoms with Crippen molar-refractivity contribution in [1.82, 2.24) is 0 Å². The Labute approximate surface area is 167 Å². The zero-order valence-electron chi connectivity index (χ0n) is 16.0. The van der Waals surface area contributed by atoms with Crippen LogP contribution >= 0.6 is 0 Å². The minimum Gasteiger partial charge on any atom is -0.503 e. The average molecular weight is 389 g/mol. The molecule has 1 N–H and O–H groups in total. The lowest BCUT2D eigenvalue weighted by Crippen LogP contribution is -2.31. The van der Waals surface area contributed by atoms with Crippen molar-refractivity contribution in [2.75, 3.05) is 12.0 Å². The van der Waals surface area contributed by atoms with Gasteiger partial charge in [-0.1, -0.05) is 24.3 Å². The Balaban J connectivity index is 1.87. The van der Waals surface area contributed by atoms with Crippen molar-refractivity contribution in [3.8, 4) is 5.75 Å². The van der Waals surface area contributed by atoms with Crippen LogP contribution in [-0.2, 0) is 4.79 Å². The molecule has 2 aromatic carbocycles. The quantitative estimate of drug-likeness (QED) is 0.655. The molecule has 0 saturated heterocycles. The van der Waals surface area contributed by atoms with Crippen LogP contribution in [0.15, 0.2) is 82.7 Å². The van der Waals surface area contributed by atoms with Crippen molar-refractivity contribution in [3.05, 3.63) is 95.1 Å². The number of aliphatic hydroxyl groups is 1. The second kappa shape index (κ2) is 7.31. The second-order valence-electron chi connectivity index (χ2n) is 6.76. The second-order valence-corrected chi connectivity index (χ2v) is 6.76. The lowest BCUT2D eigenvalue weighted by molar-refractivity contribution is -0.117. The van der Waals surface area contributed by atoms with Gasteiger partial charge < -0.3 is 14.3 Å². The molecule has 1 aliphatic heterocycles. The molecule has 3 aromatic rings. The number of hydrogen-bond donors (Lipinski definition) is 1. The van der Waals surface area contributed by atoms with E-state index < -0.39 is 23.5 Å². The summed E-state index contributed by atoms with van der Waals surface area (Å²) >= 11 is 0. The van der Waals surface area contributed by atoms with E-state index in [0.717, 1.165) is 5.56 Å². The van der Waals surface area contributed by atoms with Crippen LogP contribution in [0.3, 0.4) is 0 Å². The van der Waals surface area contributed by atoms with Gasteiger partial charge in [-0.2, -0.15) is 0 Å². The van der Waals surface area contributed by atoms with Crippen LogP contribution in [0.25, 0.3) is 0 Å². The topological polar surface area (TPSA) is 80.0 Å². The number of ketones is 1. The Morgan fingerprint density at radius 1 is 1.10 bits per heavy atom. The van der Waals surface area contributed by atoms with E-state index in [4.69, 9.17) is 9.15 Å². The van der Waals surface area contributed by atoms with Crippen LogP contribution < -0.4 is 9.64 Å². The predicted molar refractivity (Wildman–Crippen MR) is 107 cm³/mol. The van der Waals surface area contributed by atoms with E-state index in [9.17, 15) is 14.7 Å². The third kappa shape index (κ3) is 3.18. The smallest absolute Gasteiger partial charge is 0.294 e. The molecule has 0 saturated carbocycles. The molecule has 1 amide bonds. The van der Waals surface area contributed by atoms with E-state index in [0.29, 0.717) is 17.0 Å². The molecule has 0 spiro atoms. The molecule has 0 fully saturated rings. The summed E-state index contributed by atoms with van der Waals surface area (Å²) in [6.45, 7) is 1.91. The van der Waals surface area contributed by atoms with Gasteiger partial charge in [-0.3, -0.25) is 14.5 Å². The molecule has 1 atom stereocenters. The number of ether oxygens (including phenoxy) is 1. The first kappa shape index (κ1) is 18.6. The van der Waals surface area contributed by atoms with E-state index in [-0.39, 0.29) is 11.3 Å². The van der Waals surface area contributed by atoms with Crippen molar-refractivity contribution in [1.29, 1.82) is 0 Å². The largest absolute Gasteiger partial charge is 0.503 e. The number of aliphatic hydroxyl groups excluding tert-OH is 1. The summed E-state index contributed by atoms with van der Waals surface area (Å²) in [7, 11) is 1.56. The Hall–Kier alpha value is -3.80. The summed E-state index contributed by atoms with van der Waals surface area (Å²) in [5.41, 5.74) is 2.19. The molecule has 0 bridgehead atoms. The van der Waals surface area contributed by atoms with Crippen LogP contribution in [0.5, 0.6) is 5.75 Å². The first-order valence-corrected chi connectivity index (χ1v) is 9.06. The van der Waals surface area contributed by atoms with Gasteiger partial charge in [0, 0.05) is 5.69 Å². The highest BCUT2D eigenvalue weighted by molar-refractivity contribution is 6.20. The van der Waals surface area contributed by atoms with Crippen LogP contribution in [0.1, 0.15) is 27.7 Å². The number of nitrogens with zero attached hydrogens (tertiary/aromatic N) is 1. The molecule has 6 heteroatoms. The molecule has 6 nitrogen and oxygen atoms in total. The Morgan fingerprint density at radius 2 is 1.86 bits per heavy atom. The monoisotopic (exact) mass is 389 g/mol. The highest BCUT2D eigenvalue weighted by atomic mass is 16.5. The van der Waals surface area contributed by atoms with Crippen LogP contribution in [0, 0.1) is 6.92 Å². The zero-order chi connectivity index (χ0) is 20.5. The van der Waals surface area contributed by atoms with Crippen molar-refractivity contribution in [3.63, 3.8) is 0 Å². The Morgan fingerprint density at radius 3 is 2.48 bits per heavy atom. The fourth-order valence-corrected chi connectivity index (χ4v) is 3.52. The van der Waals surface area contributed by atoms with Gasteiger partial charge in [0.05, 0.1) is 25.0 Å². The predicted octanol–water partition coefficient (Wildman–Crippen LogP) is 4.38. The molecule has 29 heavy (non-hydrogen) atoms. The SMILES string of the molecule is COc1ccc(C2C(C(=O)c3ccco3)=C(O)C(=O)N2c2cccc(C)c2)cc1. The number of carbonyl (C=O) groups is 2. The highest BCUT2D eigenvalue weighted by Crippen LogP contribution is 2.42. The normalized spacial score (nSPS) is 16.4. The van der Waals surface area contributed by atoms with Gasteiger partial charge >= 0.3 is 0 Å². The molecule has 1 aromatic heterocycles. The molecule has 4 rings (SSSR count). The third-order valence-electron chi connectivity index (χ3n) is 4.91. The molecular weight excluding hydrogens is 370 g/mol. The van der Waals surface area contributed by atoms with Crippen molar-refractivity contribution < 1.29 is 23.8 Å². The summed E-state index contributed by atoms with van der Waals surface area (Å²) in [5, 5.41) is 10.7. The number of benzene rings is 2. The van der Waals surface area contributed by atoms with E-state index in [1.165, 1.54) is 17.2 Å². The van der Waals surface area contributed by atoms with Gasteiger partial charge in [0.2, 0.25) is 5.78 Å². The number of aryl methyl sites for hydroxylation is 1. The molecule has 1 aliphatic rings. The minimum absolute atomic E-state index is 0.0170. The van der Waals surface area contributed by atoms with Gasteiger partial charge in [-0.15, -0.1) is 0 Å². The van der Waals surface area contributed by atoms with Crippen molar-refractivity contribution in [2.45, 2.75) is 13.0 Å². The average Bonchev–Trinajstić information content (AvgIpc) is 3.35. The van der Waals surface area contributed by atoms with Gasteiger partial charge in [0.15, 0.2) is 11.5 Å². The van der Waals surface area contributed by atoms with Crippen molar-refractivity contribution >= 4 is 17.4 Å². The van der Waals surface area contributed by atoms with Crippen LogP contribution in [0.4, 0.5) is 5.69 Å². The van der Waals surface area contributed by atoms with Gasteiger partial charge in [-0.25, -0.2) is 0 Å². The number of hydrogen-bond acceptors (Lipinski definition) is 5. The molecule has 2 heterocycles.